The molecule has 0 spiro atoms. The molecular weight excluding hydrogens is 292 g/mol. The van der Waals surface area contributed by atoms with Crippen LogP contribution in [0.1, 0.15) is 23.0 Å². The van der Waals surface area contributed by atoms with Gasteiger partial charge in [-0.1, -0.05) is 6.08 Å². The summed E-state index contributed by atoms with van der Waals surface area (Å²) in [4.78, 5) is 18.0. The van der Waals surface area contributed by atoms with Crippen LogP contribution in [0.15, 0.2) is 43.8 Å². The van der Waals surface area contributed by atoms with Crippen molar-refractivity contribution in [2.24, 2.45) is 5.73 Å². The van der Waals surface area contributed by atoms with E-state index in [0.29, 0.717) is 5.56 Å². The van der Waals surface area contributed by atoms with E-state index in [1.54, 1.807) is 18.3 Å². The van der Waals surface area contributed by atoms with Crippen LogP contribution in [0.3, 0.4) is 0 Å². The molecule has 0 saturated heterocycles. The van der Waals surface area contributed by atoms with Crippen molar-refractivity contribution in [3.63, 3.8) is 0 Å². The third-order valence-corrected chi connectivity index (χ3v) is 2.90. The zero-order chi connectivity index (χ0) is 18.0. The van der Waals surface area contributed by atoms with Crippen LogP contribution in [0, 0.1) is 0 Å². The van der Waals surface area contributed by atoms with Crippen LogP contribution in [0.25, 0.3) is 11.3 Å². The Kier molecular flexibility index (Phi) is 9.03. The quantitative estimate of drug-likeness (QED) is 0.695. The van der Waals surface area contributed by atoms with Gasteiger partial charge >= 0.3 is 5.97 Å². The highest BCUT2D eigenvalue weighted by Crippen LogP contribution is 2.17. The predicted octanol–water partition coefficient (Wildman–Crippen LogP) is 2.42. The molecule has 2 heterocycles. The molecule has 2 aromatic rings. The first-order valence-electron chi connectivity index (χ1n) is 7.05. The van der Waals surface area contributed by atoms with Gasteiger partial charge in [0.1, 0.15) is 11.3 Å². The molecule has 0 amide bonds. The standard InChI is InChI=1S/C14H17N3O2.C2H4.CH5N/c1-5-12(16(2)3)11-9-17-7-6-10(14(18)19-4)8-13(17)15-11;2*1-2/h5-9H,1-4H3;1-2H2;2H2,1H3/b12-5-;;. The van der Waals surface area contributed by atoms with Gasteiger partial charge in [0.2, 0.25) is 0 Å². The normalized spacial score (nSPS) is 10.1. The molecule has 0 aliphatic heterocycles. The number of methoxy groups -OCH3 is 1. The Hall–Kier alpha value is -2.60. The van der Waals surface area contributed by atoms with Gasteiger partial charge in [-0.25, -0.2) is 9.78 Å². The number of allylic oxidation sites excluding steroid dienone is 1. The summed E-state index contributed by atoms with van der Waals surface area (Å²) in [5.41, 5.74) is 7.62. The molecule has 0 unspecified atom stereocenters. The van der Waals surface area contributed by atoms with Crippen LogP contribution in [0.2, 0.25) is 0 Å². The lowest BCUT2D eigenvalue weighted by Crippen LogP contribution is -2.09. The van der Waals surface area contributed by atoms with E-state index in [2.05, 4.69) is 23.9 Å². The van der Waals surface area contributed by atoms with Crippen LogP contribution in [0.5, 0.6) is 0 Å². The number of nitrogens with zero attached hydrogens (tertiary/aromatic N) is 3. The number of carbonyl (C=O) groups is 1. The summed E-state index contributed by atoms with van der Waals surface area (Å²) in [5.74, 6) is -0.356. The number of hydrogen-bond donors (Lipinski definition) is 1. The Labute approximate surface area is 137 Å². The van der Waals surface area contributed by atoms with Crippen LogP contribution < -0.4 is 5.73 Å². The number of hydrogen-bond acceptors (Lipinski definition) is 5. The number of aromatic nitrogens is 2. The third-order valence-electron chi connectivity index (χ3n) is 2.90. The first kappa shape index (κ1) is 20.4. The van der Waals surface area contributed by atoms with Crippen molar-refractivity contribution in [1.29, 1.82) is 0 Å². The summed E-state index contributed by atoms with van der Waals surface area (Å²) in [6, 6.07) is 3.44. The SMILES string of the molecule is C/C=C(/c1cn2ccc(C(=O)OC)cc2n1)N(C)C.C=C.CN. The Balaban J connectivity index is 0.00000112. The minimum Gasteiger partial charge on any atom is -0.465 e. The lowest BCUT2D eigenvalue weighted by molar-refractivity contribution is 0.0600. The second-order valence-corrected chi connectivity index (χ2v) is 4.37. The van der Waals surface area contributed by atoms with E-state index >= 15 is 0 Å². The summed E-state index contributed by atoms with van der Waals surface area (Å²) >= 11 is 0. The molecule has 0 fully saturated rings. The maximum absolute atomic E-state index is 11.5. The molecular formula is C17H26N4O2. The number of ether oxygens (including phenoxy) is 1. The maximum Gasteiger partial charge on any atom is 0.338 e. The largest absolute Gasteiger partial charge is 0.465 e. The first-order chi connectivity index (χ1) is 11.1. The Morgan fingerprint density at radius 2 is 2.00 bits per heavy atom. The molecule has 0 aromatic carbocycles. The van der Waals surface area contributed by atoms with Crippen LogP contribution in [-0.2, 0) is 4.74 Å². The van der Waals surface area contributed by atoms with E-state index in [-0.39, 0.29) is 5.97 Å². The van der Waals surface area contributed by atoms with E-state index in [1.165, 1.54) is 14.2 Å². The minimum atomic E-state index is -0.356. The van der Waals surface area contributed by atoms with Gasteiger partial charge in [-0.2, -0.15) is 0 Å². The van der Waals surface area contributed by atoms with Crippen molar-refractivity contribution in [3.05, 3.63) is 55.0 Å². The summed E-state index contributed by atoms with van der Waals surface area (Å²) in [6.45, 7) is 7.97. The van der Waals surface area contributed by atoms with Gasteiger partial charge in [-0.15, -0.1) is 13.2 Å². The van der Waals surface area contributed by atoms with Crippen LogP contribution >= 0.6 is 0 Å². The highest BCUT2D eigenvalue weighted by molar-refractivity contribution is 5.90. The number of imidazole rings is 1. The minimum absolute atomic E-state index is 0.356. The number of pyridine rings is 1. The lowest BCUT2D eigenvalue weighted by atomic mass is 10.3. The first-order valence-corrected chi connectivity index (χ1v) is 7.05. The third kappa shape index (κ3) is 4.96. The predicted molar refractivity (Wildman–Crippen MR) is 95.2 cm³/mol. The fourth-order valence-electron chi connectivity index (χ4n) is 1.99. The fraction of sp³-hybridized carbons (Fsp3) is 0.294. The number of rotatable bonds is 3. The number of nitrogens with two attached hydrogens (primary N) is 1. The van der Waals surface area contributed by atoms with Gasteiger partial charge in [0, 0.05) is 26.5 Å². The summed E-state index contributed by atoms with van der Waals surface area (Å²) in [6.07, 6.45) is 5.75. The molecule has 2 aromatic heterocycles. The molecule has 0 aliphatic rings. The van der Waals surface area contributed by atoms with Crippen molar-refractivity contribution in [3.8, 4) is 0 Å². The van der Waals surface area contributed by atoms with E-state index < -0.39 is 0 Å². The van der Waals surface area contributed by atoms with E-state index in [9.17, 15) is 4.79 Å². The second kappa shape index (κ2) is 10.2. The second-order valence-electron chi connectivity index (χ2n) is 4.37. The summed E-state index contributed by atoms with van der Waals surface area (Å²) < 4.78 is 6.59. The van der Waals surface area contributed by atoms with E-state index in [0.717, 1.165) is 17.0 Å². The highest BCUT2D eigenvalue weighted by atomic mass is 16.5. The van der Waals surface area contributed by atoms with Crippen molar-refractivity contribution in [2.75, 3.05) is 28.3 Å². The van der Waals surface area contributed by atoms with Crippen molar-refractivity contribution >= 4 is 17.3 Å². The average Bonchev–Trinajstić information content (AvgIpc) is 3.00. The Bertz CT molecular complexity index is 660. The highest BCUT2D eigenvalue weighted by Gasteiger charge is 2.11. The van der Waals surface area contributed by atoms with Gasteiger partial charge in [0.05, 0.1) is 18.4 Å². The Morgan fingerprint density at radius 1 is 1.39 bits per heavy atom. The molecule has 2 rings (SSSR count). The van der Waals surface area contributed by atoms with Gasteiger partial charge in [0.15, 0.2) is 0 Å². The van der Waals surface area contributed by atoms with E-state index in [1.807, 2.05) is 42.6 Å². The monoisotopic (exact) mass is 318 g/mol. The molecule has 0 bridgehead atoms. The number of carbonyl (C=O) groups excluding carboxylic acids is 1. The van der Waals surface area contributed by atoms with Gasteiger partial charge < -0.3 is 19.8 Å². The molecule has 0 radical (unpaired) electrons. The van der Waals surface area contributed by atoms with E-state index in [4.69, 9.17) is 4.74 Å². The van der Waals surface area contributed by atoms with Gasteiger partial charge in [0.25, 0.3) is 0 Å². The van der Waals surface area contributed by atoms with Crippen LogP contribution in [-0.4, -0.2) is 48.5 Å². The molecule has 2 N–H and O–H groups in total. The molecule has 0 atom stereocenters. The number of fused-ring (bicyclic) bond motifs is 1. The molecule has 0 aliphatic carbocycles. The fourth-order valence-corrected chi connectivity index (χ4v) is 1.99. The van der Waals surface area contributed by atoms with Gasteiger partial charge in [-0.05, 0) is 26.1 Å². The van der Waals surface area contributed by atoms with Crippen molar-refractivity contribution < 1.29 is 9.53 Å². The topological polar surface area (TPSA) is 72.9 Å². The smallest absolute Gasteiger partial charge is 0.338 e. The molecule has 6 heteroatoms. The van der Waals surface area contributed by atoms with Gasteiger partial charge in [-0.3, -0.25) is 0 Å². The molecule has 126 valence electrons. The van der Waals surface area contributed by atoms with Crippen LogP contribution in [0.4, 0.5) is 0 Å². The summed E-state index contributed by atoms with van der Waals surface area (Å²) in [7, 11) is 6.81. The maximum atomic E-state index is 11.5. The molecule has 6 nitrogen and oxygen atoms in total. The Morgan fingerprint density at radius 3 is 2.48 bits per heavy atom. The zero-order valence-electron chi connectivity index (χ0n) is 14.5. The summed E-state index contributed by atoms with van der Waals surface area (Å²) in [5, 5.41) is 0. The average molecular weight is 318 g/mol. The van der Waals surface area contributed by atoms with Crippen molar-refractivity contribution in [2.45, 2.75) is 6.92 Å². The molecule has 23 heavy (non-hydrogen) atoms. The lowest BCUT2D eigenvalue weighted by Gasteiger charge is -2.14. The number of esters is 1. The zero-order valence-corrected chi connectivity index (χ0v) is 14.5. The van der Waals surface area contributed by atoms with Crippen molar-refractivity contribution in [1.82, 2.24) is 14.3 Å². The molecule has 0 saturated carbocycles.